The molecule has 0 aliphatic carbocycles. The molecule has 4 amide bonds. The molecule has 7 nitrogen and oxygen atoms in total. The quantitative estimate of drug-likeness (QED) is 0.758. The van der Waals surface area contributed by atoms with Gasteiger partial charge >= 0.3 is 6.03 Å². The van der Waals surface area contributed by atoms with Gasteiger partial charge in [-0.3, -0.25) is 14.5 Å². The summed E-state index contributed by atoms with van der Waals surface area (Å²) in [5.41, 5.74) is 1.86. The van der Waals surface area contributed by atoms with Gasteiger partial charge in [-0.2, -0.15) is 0 Å². The van der Waals surface area contributed by atoms with E-state index in [9.17, 15) is 14.4 Å². The van der Waals surface area contributed by atoms with Gasteiger partial charge in [-0.05, 0) is 37.3 Å². The van der Waals surface area contributed by atoms with E-state index >= 15 is 0 Å². The Morgan fingerprint density at radius 3 is 2.48 bits per heavy atom. The van der Waals surface area contributed by atoms with E-state index in [1.54, 1.807) is 15.9 Å². The summed E-state index contributed by atoms with van der Waals surface area (Å²) >= 11 is 6.43. The Bertz CT molecular complexity index is 939. The molecule has 1 N–H and O–H groups in total. The number of halogens is 1. The standard InChI is InChI=1S/C23H29ClN4O3/c1-4-27-17-13-28(20(14(2)3)22(30)26-11-7-8-12-26)21(29)18(17)19(25-23(27)31)15-9-5-6-10-16(15)24/h5-6,9-10,14,19-20H,4,7-8,11-13H2,1-3H3,(H,25,31)/t19-,20-/m1/s1. The summed E-state index contributed by atoms with van der Waals surface area (Å²) in [5.74, 6) is -0.252. The normalized spacial score (nSPS) is 22.4. The molecule has 1 fully saturated rings. The van der Waals surface area contributed by atoms with Gasteiger partial charge in [0.15, 0.2) is 0 Å². The average Bonchev–Trinajstić information content (AvgIpc) is 3.37. The molecule has 2 atom stereocenters. The molecule has 1 saturated heterocycles. The second-order valence-corrected chi connectivity index (χ2v) is 9.07. The number of urea groups is 1. The molecule has 0 spiro atoms. The Labute approximate surface area is 188 Å². The maximum atomic E-state index is 13.7. The minimum absolute atomic E-state index is 0.00248. The predicted molar refractivity (Wildman–Crippen MR) is 118 cm³/mol. The second-order valence-electron chi connectivity index (χ2n) is 8.66. The fourth-order valence-corrected chi connectivity index (χ4v) is 5.16. The molecule has 1 aromatic rings. The third-order valence-corrected chi connectivity index (χ3v) is 6.76. The third kappa shape index (κ3) is 3.69. The fraction of sp³-hybridized carbons (Fsp3) is 0.522. The topological polar surface area (TPSA) is 73.0 Å². The number of rotatable bonds is 5. The lowest BCUT2D eigenvalue weighted by molar-refractivity contribution is -0.144. The number of likely N-dealkylation sites (tertiary alicyclic amines) is 1. The zero-order valence-electron chi connectivity index (χ0n) is 18.2. The number of carbonyl (C=O) groups excluding carboxylic acids is 3. The van der Waals surface area contributed by atoms with Crippen molar-refractivity contribution in [1.29, 1.82) is 0 Å². The van der Waals surface area contributed by atoms with Crippen molar-refractivity contribution in [2.75, 3.05) is 26.2 Å². The van der Waals surface area contributed by atoms with Crippen LogP contribution in [0.4, 0.5) is 4.79 Å². The van der Waals surface area contributed by atoms with Crippen molar-refractivity contribution in [3.8, 4) is 0 Å². The van der Waals surface area contributed by atoms with Gasteiger partial charge in [0.05, 0.1) is 23.9 Å². The molecule has 166 valence electrons. The van der Waals surface area contributed by atoms with Gasteiger partial charge in [-0.1, -0.05) is 43.6 Å². The predicted octanol–water partition coefficient (Wildman–Crippen LogP) is 3.17. The monoisotopic (exact) mass is 444 g/mol. The van der Waals surface area contributed by atoms with Gasteiger partial charge < -0.3 is 15.1 Å². The maximum Gasteiger partial charge on any atom is 0.322 e. The van der Waals surface area contributed by atoms with E-state index in [1.165, 1.54) is 0 Å². The third-order valence-electron chi connectivity index (χ3n) is 6.42. The highest BCUT2D eigenvalue weighted by Crippen LogP contribution is 2.39. The first kappa shape index (κ1) is 21.7. The van der Waals surface area contributed by atoms with Crippen molar-refractivity contribution in [2.24, 2.45) is 5.92 Å². The number of nitrogens with zero attached hydrogens (tertiary/aromatic N) is 3. The summed E-state index contributed by atoms with van der Waals surface area (Å²) in [5, 5.41) is 3.44. The summed E-state index contributed by atoms with van der Waals surface area (Å²) in [6.07, 6.45) is 1.99. The Hall–Kier alpha value is -2.54. The first-order valence-electron chi connectivity index (χ1n) is 11.0. The zero-order valence-corrected chi connectivity index (χ0v) is 19.0. The molecule has 0 saturated carbocycles. The first-order chi connectivity index (χ1) is 14.8. The molecular weight excluding hydrogens is 416 g/mol. The zero-order chi connectivity index (χ0) is 22.3. The molecule has 3 aliphatic rings. The second kappa shape index (κ2) is 8.54. The molecule has 0 radical (unpaired) electrons. The number of hydrogen-bond acceptors (Lipinski definition) is 3. The number of amides is 4. The van der Waals surface area contributed by atoms with Crippen molar-refractivity contribution in [3.05, 3.63) is 46.1 Å². The molecular formula is C23H29ClN4O3. The smallest absolute Gasteiger partial charge is 0.322 e. The summed E-state index contributed by atoms with van der Waals surface area (Å²) in [6.45, 7) is 7.97. The lowest BCUT2D eigenvalue weighted by Gasteiger charge is -2.33. The summed E-state index contributed by atoms with van der Waals surface area (Å²) in [7, 11) is 0. The molecule has 0 unspecified atom stereocenters. The highest BCUT2D eigenvalue weighted by Gasteiger charge is 2.48. The van der Waals surface area contributed by atoms with Crippen LogP contribution in [-0.2, 0) is 9.59 Å². The maximum absolute atomic E-state index is 13.7. The van der Waals surface area contributed by atoms with E-state index in [0.717, 1.165) is 25.9 Å². The Morgan fingerprint density at radius 2 is 1.87 bits per heavy atom. The van der Waals surface area contributed by atoms with Crippen LogP contribution in [0.2, 0.25) is 5.02 Å². The summed E-state index contributed by atoms with van der Waals surface area (Å²) in [6, 6.07) is 5.78. The first-order valence-corrected chi connectivity index (χ1v) is 11.4. The van der Waals surface area contributed by atoms with Crippen LogP contribution in [0.5, 0.6) is 0 Å². The molecule has 3 heterocycles. The minimum Gasteiger partial charge on any atom is -0.341 e. The van der Waals surface area contributed by atoms with Gasteiger partial charge in [-0.25, -0.2) is 4.79 Å². The van der Waals surface area contributed by atoms with Crippen LogP contribution in [-0.4, -0.2) is 64.8 Å². The van der Waals surface area contributed by atoms with E-state index in [2.05, 4.69) is 5.32 Å². The fourth-order valence-electron chi connectivity index (χ4n) is 4.92. The molecule has 0 aromatic heterocycles. The van der Waals surface area contributed by atoms with Gasteiger partial charge in [0.25, 0.3) is 5.91 Å². The number of hydrogen-bond donors (Lipinski definition) is 1. The van der Waals surface area contributed by atoms with E-state index < -0.39 is 12.1 Å². The molecule has 31 heavy (non-hydrogen) atoms. The lowest BCUT2D eigenvalue weighted by Crippen LogP contribution is -2.52. The van der Waals surface area contributed by atoms with Crippen molar-refractivity contribution in [2.45, 2.75) is 45.7 Å². The van der Waals surface area contributed by atoms with E-state index in [-0.39, 0.29) is 30.3 Å². The highest BCUT2D eigenvalue weighted by molar-refractivity contribution is 6.31. The van der Waals surface area contributed by atoms with Crippen LogP contribution in [0.3, 0.4) is 0 Å². The summed E-state index contributed by atoms with van der Waals surface area (Å²) < 4.78 is 0. The largest absolute Gasteiger partial charge is 0.341 e. The SMILES string of the molecule is CCN1C(=O)N[C@H](c2ccccc2Cl)C2=C1CN([C@@H](C(=O)N1CCCC1)C(C)C)C2=O. The number of nitrogens with one attached hydrogen (secondary N) is 1. The van der Waals surface area contributed by atoms with Crippen LogP contribution in [0.25, 0.3) is 0 Å². The van der Waals surface area contributed by atoms with Crippen molar-refractivity contribution >= 4 is 29.4 Å². The van der Waals surface area contributed by atoms with Gasteiger partial charge in [0, 0.05) is 24.7 Å². The van der Waals surface area contributed by atoms with Crippen molar-refractivity contribution in [3.63, 3.8) is 0 Å². The van der Waals surface area contributed by atoms with Gasteiger partial charge in [-0.15, -0.1) is 0 Å². The van der Waals surface area contributed by atoms with Crippen molar-refractivity contribution in [1.82, 2.24) is 20.0 Å². The molecule has 4 rings (SSSR count). The number of likely N-dealkylation sites (N-methyl/N-ethyl adjacent to an activating group) is 1. The van der Waals surface area contributed by atoms with E-state index in [1.807, 2.05) is 43.9 Å². The molecule has 1 aromatic carbocycles. The van der Waals surface area contributed by atoms with Crippen LogP contribution < -0.4 is 5.32 Å². The Morgan fingerprint density at radius 1 is 1.19 bits per heavy atom. The highest BCUT2D eigenvalue weighted by atomic mass is 35.5. The van der Waals surface area contributed by atoms with Crippen LogP contribution in [0, 0.1) is 5.92 Å². The Kier molecular flexibility index (Phi) is 5.97. The van der Waals surface area contributed by atoms with E-state index in [0.29, 0.717) is 28.4 Å². The number of benzene rings is 1. The van der Waals surface area contributed by atoms with Gasteiger partial charge in [0.1, 0.15) is 6.04 Å². The van der Waals surface area contributed by atoms with Crippen molar-refractivity contribution < 1.29 is 14.4 Å². The van der Waals surface area contributed by atoms with Crippen LogP contribution >= 0.6 is 11.6 Å². The van der Waals surface area contributed by atoms with Crippen LogP contribution in [0.1, 0.15) is 45.2 Å². The lowest BCUT2D eigenvalue weighted by atomic mass is 9.95. The molecule has 3 aliphatic heterocycles. The van der Waals surface area contributed by atoms with E-state index in [4.69, 9.17) is 11.6 Å². The average molecular weight is 445 g/mol. The summed E-state index contributed by atoms with van der Waals surface area (Å²) in [4.78, 5) is 45.1. The number of carbonyl (C=O) groups is 3. The Balaban J connectivity index is 1.73. The molecule has 0 bridgehead atoms. The van der Waals surface area contributed by atoms with Crippen LogP contribution in [0.15, 0.2) is 35.5 Å². The molecule has 8 heteroatoms. The minimum atomic E-state index is -0.633. The van der Waals surface area contributed by atoms with Gasteiger partial charge in [0.2, 0.25) is 5.91 Å².